The zero-order valence-electron chi connectivity index (χ0n) is 17.5. The minimum absolute atomic E-state index is 0.0522. The van der Waals surface area contributed by atoms with E-state index in [0.29, 0.717) is 5.92 Å². The van der Waals surface area contributed by atoms with Crippen LogP contribution in [0.15, 0.2) is 24.3 Å². The predicted molar refractivity (Wildman–Crippen MR) is 108 cm³/mol. The van der Waals surface area contributed by atoms with Crippen LogP contribution in [0.4, 0.5) is 0 Å². The van der Waals surface area contributed by atoms with E-state index in [1.165, 1.54) is 5.46 Å². The molecule has 1 unspecified atom stereocenters. The summed E-state index contributed by atoms with van der Waals surface area (Å²) < 4.78 is 18.6. The lowest BCUT2D eigenvalue weighted by Gasteiger charge is -2.34. The Balaban J connectivity index is 2.08. The molecule has 3 nitrogen and oxygen atoms in total. The van der Waals surface area contributed by atoms with Gasteiger partial charge >= 0.3 is 14.0 Å². The highest BCUT2D eigenvalue weighted by atomic mass is 16.7. The van der Waals surface area contributed by atoms with Crippen LogP contribution in [0, 0.1) is 5.92 Å². The van der Waals surface area contributed by atoms with Crippen molar-refractivity contribution in [3.05, 3.63) is 24.3 Å². The second-order valence-electron chi connectivity index (χ2n) is 8.93. The van der Waals surface area contributed by atoms with Crippen LogP contribution in [0.3, 0.4) is 0 Å². The molecule has 0 amide bonds. The summed E-state index contributed by atoms with van der Waals surface area (Å²) in [5, 5.41) is 0. The molecule has 1 aliphatic rings. The van der Waals surface area contributed by atoms with E-state index in [1.54, 1.807) is 0 Å². The van der Waals surface area contributed by atoms with Crippen molar-refractivity contribution in [3.63, 3.8) is 0 Å². The molecule has 1 aliphatic heterocycles. The van der Waals surface area contributed by atoms with Crippen LogP contribution in [0.2, 0.25) is 6.82 Å². The Morgan fingerprint density at radius 1 is 1.08 bits per heavy atom. The third-order valence-electron chi connectivity index (χ3n) is 6.21. The third kappa shape index (κ3) is 4.32. The maximum Gasteiger partial charge on any atom is 0.494 e. The molecular formula is C20H34B2O3. The topological polar surface area (TPSA) is 27.7 Å². The van der Waals surface area contributed by atoms with Crippen LogP contribution in [-0.4, -0.2) is 30.8 Å². The van der Waals surface area contributed by atoms with E-state index >= 15 is 0 Å². The molecule has 1 saturated heterocycles. The Morgan fingerprint density at radius 2 is 1.56 bits per heavy atom. The summed E-state index contributed by atoms with van der Waals surface area (Å²) in [6.45, 7) is 19.3. The van der Waals surface area contributed by atoms with Crippen molar-refractivity contribution in [3.8, 4) is 0 Å². The molecule has 5 heteroatoms. The highest BCUT2D eigenvalue weighted by Crippen LogP contribution is 2.36. The van der Waals surface area contributed by atoms with Crippen LogP contribution < -0.4 is 10.9 Å². The first kappa shape index (κ1) is 20.5. The van der Waals surface area contributed by atoms with Crippen molar-refractivity contribution >= 4 is 25.0 Å². The fourth-order valence-electron chi connectivity index (χ4n) is 3.03. The van der Waals surface area contributed by atoms with E-state index in [-0.39, 0.29) is 30.8 Å². The van der Waals surface area contributed by atoms with Gasteiger partial charge < -0.3 is 14.0 Å². The summed E-state index contributed by atoms with van der Waals surface area (Å²) in [5.74, 6) is 0.513. The first-order chi connectivity index (χ1) is 11.4. The zero-order chi connectivity index (χ0) is 19.0. The van der Waals surface area contributed by atoms with E-state index < -0.39 is 0 Å². The van der Waals surface area contributed by atoms with Crippen molar-refractivity contribution in [2.45, 2.75) is 85.4 Å². The van der Waals surface area contributed by atoms with E-state index in [4.69, 9.17) is 14.0 Å². The Hall–Kier alpha value is -0.770. The van der Waals surface area contributed by atoms with E-state index in [0.717, 1.165) is 11.9 Å². The summed E-state index contributed by atoms with van der Waals surface area (Å²) in [6, 6.07) is 8.43. The normalized spacial score (nSPS) is 20.6. The van der Waals surface area contributed by atoms with Crippen molar-refractivity contribution in [1.29, 1.82) is 0 Å². The van der Waals surface area contributed by atoms with Gasteiger partial charge in [0, 0.05) is 5.60 Å². The molecule has 1 aromatic carbocycles. The SMILES string of the molecule is CCC(C)C(C)(C)OB(C)c1ccc(B2OC(C)(C)C(C)(C)O2)cc1. The van der Waals surface area contributed by atoms with Crippen molar-refractivity contribution in [2.24, 2.45) is 5.92 Å². The molecule has 0 radical (unpaired) electrons. The lowest BCUT2D eigenvalue weighted by molar-refractivity contribution is 0.00578. The fraction of sp³-hybridized carbons (Fsp3) is 0.700. The van der Waals surface area contributed by atoms with Gasteiger partial charge in [0.05, 0.1) is 11.2 Å². The Labute approximate surface area is 155 Å². The molecule has 0 bridgehead atoms. The van der Waals surface area contributed by atoms with Crippen LogP contribution in [0.1, 0.15) is 61.8 Å². The summed E-state index contributed by atoms with van der Waals surface area (Å²) >= 11 is 0. The van der Waals surface area contributed by atoms with Crippen LogP contribution in [0.5, 0.6) is 0 Å². The second-order valence-corrected chi connectivity index (χ2v) is 8.93. The van der Waals surface area contributed by atoms with Crippen LogP contribution >= 0.6 is 0 Å². The smallest absolute Gasteiger partial charge is 0.426 e. The monoisotopic (exact) mass is 344 g/mol. The van der Waals surface area contributed by atoms with Gasteiger partial charge in [-0.25, -0.2) is 0 Å². The lowest BCUT2D eigenvalue weighted by atomic mass is 9.61. The largest absolute Gasteiger partial charge is 0.494 e. The van der Waals surface area contributed by atoms with Gasteiger partial charge in [0.1, 0.15) is 0 Å². The number of hydrogen-bond acceptors (Lipinski definition) is 3. The standard InChI is InChI=1S/C20H34B2O3/c1-10-15(2)18(3,4)23-21(9)16-11-13-17(14-12-16)22-24-19(5,6)20(7,8)25-22/h11-15H,10H2,1-9H3. The molecule has 1 atom stereocenters. The highest BCUT2D eigenvalue weighted by molar-refractivity contribution is 6.67. The van der Waals surface area contributed by atoms with E-state index in [9.17, 15) is 0 Å². The Morgan fingerprint density at radius 3 is 2.00 bits per heavy atom. The van der Waals surface area contributed by atoms with Gasteiger partial charge in [-0.05, 0) is 58.4 Å². The maximum atomic E-state index is 6.35. The van der Waals surface area contributed by atoms with Gasteiger partial charge in [-0.15, -0.1) is 0 Å². The molecule has 0 aromatic heterocycles. The predicted octanol–water partition coefficient (Wildman–Crippen LogP) is 3.66. The molecule has 0 saturated carbocycles. The zero-order valence-corrected chi connectivity index (χ0v) is 17.5. The van der Waals surface area contributed by atoms with Gasteiger partial charge in [0.25, 0.3) is 0 Å². The van der Waals surface area contributed by atoms with Crippen molar-refractivity contribution in [2.75, 3.05) is 0 Å². The van der Waals surface area contributed by atoms with Gasteiger partial charge in [0.15, 0.2) is 0 Å². The minimum atomic E-state index is -0.313. The third-order valence-corrected chi connectivity index (χ3v) is 6.21. The van der Waals surface area contributed by atoms with Crippen molar-refractivity contribution in [1.82, 2.24) is 0 Å². The highest BCUT2D eigenvalue weighted by Gasteiger charge is 2.51. The average Bonchev–Trinajstić information content (AvgIpc) is 2.74. The lowest BCUT2D eigenvalue weighted by Crippen LogP contribution is -2.43. The van der Waals surface area contributed by atoms with E-state index in [1.807, 2.05) is 0 Å². The van der Waals surface area contributed by atoms with Gasteiger partial charge in [0.2, 0.25) is 0 Å². The summed E-state index contributed by atoms with van der Waals surface area (Å²) in [4.78, 5) is 0. The van der Waals surface area contributed by atoms with E-state index in [2.05, 4.69) is 86.5 Å². The number of benzene rings is 1. The molecule has 25 heavy (non-hydrogen) atoms. The molecule has 1 fully saturated rings. The molecule has 138 valence electrons. The molecule has 1 heterocycles. The average molecular weight is 344 g/mol. The van der Waals surface area contributed by atoms with Gasteiger partial charge in [-0.2, -0.15) is 0 Å². The van der Waals surface area contributed by atoms with Gasteiger partial charge in [-0.1, -0.05) is 51.4 Å². The quantitative estimate of drug-likeness (QED) is 0.738. The summed E-state index contributed by atoms with van der Waals surface area (Å²) in [5.41, 5.74) is 1.46. The number of rotatable bonds is 6. The molecule has 1 aromatic rings. The molecule has 0 aliphatic carbocycles. The molecule has 0 N–H and O–H groups in total. The Bertz CT molecular complexity index is 565. The van der Waals surface area contributed by atoms with Crippen molar-refractivity contribution < 1.29 is 14.0 Å². The maximum absolute atomic E-state index is 6.35. The van der Waals surface area contributed by atoms with Gasteiger partial charge in [-0.3, -0.25) is 0 Å². The molecular weight excluding hydrogens is 310 g/mol. The summed E-state index contributed by atoms with van der Waals surface area (Å²) in [6.07, 6.45) is 1.11. The minimum Gasteiger partial charge on any atom is -0.426 e. The first-order valence-electron chi connectivity index (χ1n) is 9.53. The van der Waals surface area contributed by atoms with Crippen LogP contribution in [0.25, 0.3) is 0 Å². The Kier molecular flexibility index (Phi) is 5.83. The molecule has 0 spiro atoms. The fourth-order valence-corrected chi connectivity index (χ4v) is 3.03. The van der Waals surface area contributed by atoms with Crippen LogP contribution in [-0.2, 0) is 14.0 Å². The summed E-state index contributed by atoms with van der Waals surface area (Å²) in [7, 11) is -0.313. The first-order valence-corrected chi connectivity index (χ1v) is 9.53. The number of hydrogen-bond donors (Lipinski definition) is 0. The second kappa shape index (κ2) is 7.09. The molecule has 2 rings (SSSR count).